The van der Waals surface area contributed by atoms with Gasteiger partial charge in [0, 0.05) is 30.7 Å². The summed E-state index contributed by atoms with van der Waals surface area (Å²) in [5.41, 5.74) is 2.38. The third-order valence-corrected chi connectivity index (χ3v) is 9.82. The van der Waals surface area contributed by atoms with Crippen LogP contribution in [0.5, 0.6) is 23.0 Å². The SMILES string of the molecule is CC[C@H](C)[C@H](NC(=O)CC(c1ccc2c(c1)OCO2)c1c(O)cc2c(c1O)C(=O)O[C@@H](C)CCCC(=O)CCCC=C2)c1nc2ccccc2[nH]1. The molecule has 2 aliphatic rings. The van der Waals surface area contributed by atoms with Crippen LogP contribution in [-0.2, 0) is 14.3 Å². The standard InChI is InChI=1S/C40H45N3O8/c1-4-23(2)37(39-41-29-15-8-9-16-30(29)42-39)43-34(46)21-28(25-17-18-32-33(20-25)50-22-49-32)36-31(45)19-26-12-6-5-7-13-27(44)14-10-11-24(3)51-40(48)35(26)38(36)47/h6,8-9,12,15-20,23-24,28,37,45,47H,4-5,7,10-11,13-14,21-22H2,1-3H3,(H,41,42)(H,43,46)/t23-,24-,28?,37-/m0/s1. The number of nitrogens with zero attached hydrogens (tertiary/aromatic N) is 1. The van der Waals surface area contributed by atoms with Gasteiger partial charge in [0.2, 0.25) is 12.7 Å². The highest BCUT2D eigenvalue weighted by molar-refractivity contribution is 5.98. The Balaban J connectivity index is 1.40. The number of allylic oxidation sites excluding steroid dienone is 1. The summed E-state index contributed by atoms with van der Waals surface area (Å²) in [6.45, 7) is 5.87. The van der Waals surface area contributed by atoms with Crippen LogP contribution in [0.1, 0.15) is 117 Å². The molecule has 4 aromatic rings. The number of H-pyrrole nitrogens is 1. The highest BCUT2D eigenvalue weighted by Gasteiger charge is 2.33. The van der Waals surface area contributed by atoms with Gasteiger partial charge in [-0.2, -0.15) is 0 Å². The van der Waals surface area contributed by atoms with Gasteiger partial charge in [-0.25, -0.2) is 9.78 Å². The van der Waals surface area contributed by atoms with Gasteiger partial charge in [0.15, 0.2) is 11.5 Å². The number of imidazole rings is 1. The zero-order chi connectivity index (χ0) is 36.1. The summed E-state index contributed by atoms with van der Waals surface area (Å²) < 4.78 is 16.9. The van der Waals surface area contributed by atoms with E-state index in [-0.39, 0.29) is 53.3 Å². The number of rotatable bonds is 8. The Morgan fingerprint density at radius 1 is 1.06 bits per heavy atom. The van der Waals surface area contributed by atoms with Crippen molar-refractivity contribution in [2.45, 2.75) is 90.2 Å². The molecular formula is C40H45N3O8. The molecule has 0 fully saturated rings. The van der Waals surface area contributed by atoms with Crippen LogP contribution in [0.4, 0.5) is 0 Å². The number of aromatic amines is 1. The van der Waals surface area contributed by atoms with Crippen molar-refractivity contribution in [1.82, 2.24) is 15.3 Å². The highest BCUT2D eigenvalue weighted by Crippen LogP contribution is 2.46. The summed E-state index contributed by atoms with van der Waals surface area (Å²) in [7, 11) is 0. The minimum absolute atomic E-state index is 0.0105. The van der Waals surface area contributed by atoms with Crippen LogP contribution in [0.3, 0.4) is 0 Å². The van der Waals surface area contributed by atoms with Crippen molar-refractivity contribution < 1.29 is 38.8 Å². The predicted octanol–water partition coefficient (Wildman–Crippen LogP) is 7.61. The number of hydrogen-bond donors (Lipinski definition) is 4. The van der Waals surface area contributed by atoms with Crippen molar-refractivity contribution in [3.63, 3.8) is 0 Å². The minimum atomic E-state index is -0.911. The molecule has 1 aromatic heterocycles. The maximum atomic E-state index is 14.1. The van der Waals surface area contributed by atoms with Crippen LogP contribution >= 0.6 is 0 Å². The van der Waals surface area contributed by atoms with Gasteiger partial charge in [-0.15, -0.1) is 0 Å². The van der Waals surface area contributed by atoms with Crippen molar-refractivity contribution in [1.29, 1.82) is 0 Å². The lowest BCUT2D eigenvalue weighted by atomic mass is 9.84. The molecule has 0 bridgehead atoms. The number of phenols is 2. The fourth-order valence-corrected chi connectivity index (χ4v) is 6.79. The molecule has 2 aliphatic heterocycles. The molecule has 1 amide bonds. The van der Waals surface area contributed by atoms with E-state index in [1.54, 1.807) is 31.2 Å². The lowest BCUT2D eigenvalue weighted by molar-refractivity contribution is -0.122. The monoisotopic (exact) mass is 695 g/mol. The van der Waals surface area contributed by atoms with E-state index in [4.69, 9.17) is 19.2 Å². The Kier molecular flexibility index (Phi) is 10.9. The first kappa shape index (κ1) is 35.5. The number of benzene rings is 3. The second-order valence-corrected chi connectivity index (χ2v) is 13.5. The third-order valence-electron chi connectivity index (χ3n) is 9.82. The Morgan fingerprint density at radius 3 is 2.65 bits per heavy atom. The van der Waals surface area contributed by atoms with Crippen LogP contribution in [0.2, 0.25) is 0 Å². The van der Waals surface area contributed by atoms with Crippen LogP contribution in [0.15, 0.2) is 54.6 Å². The minimum Gasteiger partial charge on any atom is -0.507 e. The number of cyclic esters (lactones) is 1. The van der Waals surface area contributed by atoms with Gasteiger partial charge < -0.3 is 34.7 Å². The first-order valence-corrected chi connectivity index (χ1v) is 17.7. The fourth-order valence-electron chi connectivity index (χ4n) is 6.79. The zero-order valence-electron chi connectivity index (χ0n) is 29.2. The Hall–Kier alpha value is -5.32. The molecule has 0 radical (unpaired) electrons. The Labute approximate surface area is 297 Å². The van der Waals surface area contributed by atoms with E-state index in [0.29, 0.717) is 61.4 Å². The molecule has 4 atom stereocenters. The first-order chi connectivity index (χ1) is 24.6. The molecular weight excluding hydrogens is 650 g/mol. The normalized spacial score (nSPS) is 18.4. The number of hydrogen-bond acceptors (Lipinski definition) is 9. The van der Waals surface area contributed by atoms with E-state index >= 15 is 0 Å². The predicted molar refractivity (Wildman–Crippen MR) is 192 cm³/mol. The third kappa shape index (κ3) is 8.03. The van der Waals surface area contributed by atoms with Crippen molar-refractivity contribution >= 4 is 34.8 Å². The lowest BCUT2D eigenvalue weighted by Crippen LogP contribution is -2.34. The maximum Gasteiger partial charge on any atom is 0.342 e. The smallest absolute Gasteiger partial charge is 0.342 e. The second kappa shape index (κ2) is 15.7. The number of nitrogens with one attached hydrogen (secondary N) is 2. The number of ketones is 1. The van der Waals surface area contributed by atoms with Gasteiger partial charge in [-0.1, -0.05) is 50.6 Å². The van der Waals surface area contributed by atoms with Gasteiger partial charge >= 0.3 is 5.97 Å². The molecule has 0 saturated carbocycles. The number of para-hydroxylation sites is 2. The summed E-state index contributed by atoms with van der Waals surface area (Å²) >= 11 is 0. The van der Waals surface area contributed by atoms with Crippen molar-refractivity contribution in [3.8, 4) is 23.0 Å². The molecule has 4 N–H and O–H groups in total. The molecule has 1 unspecified atom stereocenters. The van der Waals surface area contributed by atoms with Gasteiger partial charge in [0.1, 0.15) is 28.7 Å². The molecule has 3 heterocycles. The van der Waals surface area contributed by atoms with Gasteiger partial charge in [-0.3, -0.25) is 9.59 Å². The second-order valence-electron chi connectivity index (χ2n) is 13.5. The Morgan fingerprint density at radius 2 is 1.84 bits per heavy atom. The maximum absolute atomic E-state index is 14.1. The summed E-state index contributed by atoms with van der Waals surface area (Å²) in [6.07, 6.45) is 6.66. The number of Topliss-reactive ketones (excluding diaryl/α,β-unsaturated/α-hetero) is 1. The number of carbonyl (C=O) groups is 3. The van der Waals surface area contributed by atoms with Gasteiger partial charge in [0.25, 0.3) is 0 Å². The number of aromatic hydroxyl groups is 2. The lowest BCUT2D eigenvalue weighted by Gasteiger charge is -2.26. The van der Waals surface area contributed by atoms with Crippen LogP contribution in [-0.4, -0.2) is 50.7 Å². The van der Waals surface area contributed by atoms with Crippen LogP contribution in [0.25, 0.3) is 17.1 Å². The summed E-state index contributed by atoms with van der Waals surface area (Å²) in [6, 6.07) is 13.8. The summed E-state index contributed by atoms with van der Waals surface area (Å²) in [5, 5.41) is 26.7. The van der Waals surface area contributed by atoms with Gasteiger partial charge in [0.05, 0.1) is 23.2 Å². The van der Waals surface area contributed by atoms with E-state index in [0.717, 1.165) is 17.5 Å². The molecule has 11 nitrogen and oxygen atoms in total. The Bertz CT molecular complexity index is 1920. The van der Waals surface area contributed by atoms with E-state index in [9.17, 15) is 24.6 Å². The number of fused-ring (bicyclic) bond motifs is 3. The van der Waals surface area contributed by atoms with Gasteiger partial charge in [-0.05, 0) is 80.0 Å². The molecule has 11 heteroatoms. The van der Waals surface area contributed by atoms with Crippen LogP contribution in [0, 0.1) is 5.92 Å². The molecule has 268 valence electrons. The number of esters is 1. The number of aromatic nitrogens is 2. The number of phenolic OH excluding ortho intramolecular Hbond substituents is 2. The van der Waals surface area contributed by atoms with E-state index in [1.807, 2.05) is 44.2 Å². The quantitative estimate of drug-likeness (QED) is 0.136. The van der Waals surface area contributed by atoms with E-state index in [2.05, 4.69) is 10.3 Å². The average molecular weight is 696 g/mol. The summed E-state index contributed by atoms with van der Waals surface area (Å²) in [4.78, 5) is 48.2. The van der Waals surface area contributed by atoms with Crippen LogP contribution < -0.4 is 14.8 Å². The first-order valence-electron chi connectivity index (χ1n) is 17.7. The van der Waals surface area contributed by atoms with E-state index in [1.165, 1.54) is 6.07 Å². The number of ether oxygens (including phenoxy) is 3. The fraction of sp³-hybridized carbons (Fsp3) is 0.400. The molecule has 3 aromatic carbocycles. The van der Waals surface area contributed by atoms with E-state index < -0.39 is 29.8 Å². The molecule has 0 aliphatic carbocycles. The largest absolute Gasteiger partial charge is 0.507 e. The number of carbonyl (C=O) groups excluding carboxylic acids is 3. The van der Waals surface area contributed by atoms with Crippen molar-refractivity contribution in [2.75, 3.05) is 6.79 Å². The molecule has 0 spiro atoms. The topological polar surface area (TPSA) is 160 Å². The van der Waals surface area contributed by atoms with Crippen molar-refractivity contribution in [2.24, 2.45) is 5.92 Å². The zero-order valence-corrected chi connectivity index (χ0v) is 29.2. The molecule has 51 heavy (non-hydrogen) atoms. The molecule has 6 rings (SSSR count). The van der Waals surface area contributed by atoms with Crippen molar-refractivity contribution in [3.05, 3.63) is 82.7 Å². The number of amides is 1. The average Bonchev–Trinajstić information content (AvgIpc) is 3.76. The summed E-state index contributed by atoms with van der Waals surface area (Å²) in [5.74, 6) is -0.975. The highest BCUT2D eigenvalue weighted by atomic mass is 16.7. The molecule has 0 saturated heterocycles.